The van der Waals surface area contributed by atoms with Crippen LogP contribution in [0.4, 0.5) is 5.82 Å². The van der Waals surface area contributed by atoms with E-state index in [4.69, 9.17) is 4.74 Å². The first kappa shape index (κ1) is 17.1. The summed E-state index contributed by atoms with van der Waals surface area (Å²) >= 11 is 0. The molecule has 27 heavy (non-hydrogen) atoms. The molecule has 1 amide bonds. The van der Waals surface area contributed by atoms with Crippen molar-refractivity contribution in [3.8, 4) is 11.8 Å². The largest absolute Gasteiger partial charge is 0.497 e. The summed E-state index contributed by atoms with van der Waals surface area (Å²) in [5.74, 6) is 0.364. The Morgan fingerprint density at radius 1 is 1.33 bits per heavy atom. The minimum Gasteiger partial charge on any atom is -0.497 e. The monoisotopic (exact) mass is 364 g/mol. The molecular formula is C19H20N6O2. The molecule has 2 aliphatic heterocycles. The first-order valence-corrected chi connectivity index (χ1v) is 8.86. The normalized spacial score (nSPS) is 21.4. The zero-order chi connectivity index (χ0) is 19.0. The van der Waals surface area contributed by atoms with E-state index < -0.39 is 11.8 Å². The van der Waals surface area contributed by atoms with Crippen LogP contribution in [-0.4, -0.2) is 41.8 Å². The lowest BCUT2D eigenvalue weighted by Gasteiger charge is -2.28. The van der Waals surface area contributed by atoms with Gasteiger partial charge >= 0.3 is 0 Å². The van der Waals surface area contributed by atoms with Crippen LogP contribution in [0.5, 0.6) is 5.75 Å². The Balaban J connectivity index is 1.86. The second kappa shape index (κ2) is 6.76. The zero-order valence-corrected chi connectivity index (χ0v) is 15.2. The van der Waals surface area contributed by atoms with E-state index in [9.17, 15) is 10.1 Å². The first-order chi connectivity index (χ1) is 13.1. The zero-order valence-electron chi connectivity index (χ0n) is 15.2. The summed E-state index contributed by atoms with van der Waals surface area (Å²) in [6, 6.07) is 9.62. The van der Waals surface area contributed by atoms with Crippen LogP contribution in [0.25, 0.3) is 0 Å². The maximum atomic E-state index is 12.7. The molecular weight excluding hydrogens is 344 g/mol. The lowest BCUT2D eigenvalue weighted by molar-refractivity contribution is -0.119. The Morgan fingerprint density at radius 2 is 2.11 bits per heavy atom. The molecule has 0 saturated heterocycles. The summed E-state index contributed by atoms with van der Waals surface area (Å²) in [7, 11) is 1.60. The van der Waals surface area contributed by atoms with Crippen molar-refractivity contribution in [3.63, 3.8) is 0 Å². The van der Waals surface area contributed by atoms with Crippen molar-refractivity contribution in [2.75, 3.05) is 25.5 Å². The van der Waals surface area contributed by atoms with E-state index in [1.54, 1.807) is 11.8 Å². The second-order valence-corrected chi connectivity index (χ2v) is 6.59. The van der Waals surface area contributed by atoms with Gasteiger partial charge in [-0.05, 0) is 31.0 Å². The molecule has 138 valence electrons. The number of ether oxygens (including phenoxy) is 1. The van der Waals surface area contributed by atoms with Crippen LogP contribution in [0.1, 0.15) is 29.2 Å². The third kappa shape index (κ3) is 2.81. The van der Waals surface area contributed by atoms with Crippen LogP contribution in [0, 0.1) is 24.2 Å². The van der Waals surface area contributed by atoms with Gasteiger partial charge in [0, 0.05) is 24.6 Å². The molecule has 8 heteroatoms. The summed E-state index contributed by atoms with van der Waals surface area (Å²) in [6.45, 7) is 3.41. The predicted octanol–water partition coefficient (Wildman–Crippen LogP) is 1.62. The minimum atomic E-state index is -0.830. The highest BCUT2D eigenvalue weighted by atomic mass is 16.5. The maximum absolute atomic E-state index is 12.7. The molecule has 0 aliphatic carbocycles. The number of aromatic nitrogens is 2. The number of nitrogens with zero attached hydrogens (tertiary/aromatic N) is 4. The van der Waals surface area contributed by atoms with Gasteiger partial charge in [-0.3, -0.25) is 9.79 Å². The molecule has 0 saturated carbocycles. The number of carbonyl (C=O) groups is 1. The molecule has 3 heterocycles. The van der Waals surface area contributed by atoms with Gasteiger partial charge in [-0.2, -0.15) is 15.0 Å². The number of benzene rings is 1. The molecule has 1 aromatic heterocycles. The van der Waals surface area contributed by atoms with E-state index >= 15 is 0 Å². The van der Waals surface area contributed by atoms with Gasteiger partial charge in [-0.25, -0.2) is 0 Å². The van der Waals surface area contributed by atoms with Gasteiger partial charge in [-0.15, -0.1) is 0 Å². The number of aryl methyl sites for hydroxylation is 1. The molecule has 2 N–H and O–H groups in total. The third-order valence-electron chi connectivity index (χ3n) is 4.97. The fourth-order valence-electron chi connectivity index (χ4n) is 3.66. The number of hydrogen-bond acceptors (Lipinski definition) is 6. The van der Waals surface area contributed by atoms with E-state index in [1.807, 2.05) is 31.2 Å². The number of hydrogen-bond donors (Lipinski definition) is 2. The van der Waals surface area contributed by atoms with Gasteiger partial charge in [0.25, 0.3) is 0 Å². The number of nitriles is 1. The number of carbonyl (C=O) groups excluding carboxylic acids is 1. The van der Waals surface area contributed by atoms with E-state index in [1.165, 1.54) is 0 Å². The molecule has 2 atom stereocenters. The van der Waals surface area contributed by atoms with Crippen molar-refractivity contribution in [1.29, 1.82) is 5.26 Å². The SMILES string of the molecule is COc1ccc(C2c3c(C)nn(C4=NCCCN4)c3NC(=O)C2C#N)cc1. The van der Waals surface area contributed by atoms with Crippen LogP contribution in [0.3, 0.4) is 0 Å². The average molecular weight is 364 g/mol. The smallest absolute Gasteiger partial charge is 0.243 e. The van der Waals surface area contributed by atoms with E-state index in [-0.39, 0.29) is 5.91 Å². The summed E-state index contributed by atoms with van der Waals surface area (Å²) < 4.78 is 6.87. The van der Waals surface area contributed by atoms with Gasteiger partial charge in [0.15, 0.2) is 0 Å². The van der Waals surface area contributed by atoms with Gasteiger partial charge in [0.05, 0.1) is 18.9 Å². The van der Waals surface area contributed by atoms with Crippen LogP contribution < -0.4 is 15.4 Å². The van der Waals surface area contributed by atoms with Crippen molar-refractivity contribution in [2.45, 2.75) is 19.3 Å². The third-order valence-corrected chi connectivity index (χ3v) is 4.97. The summed E-state index contributed by atoms with van der Waals surface area (Å²) in [5.41, 5.74) is 2.49. The van der Waals surface area contributed by atoms with Gasteiger partial charge < -0.3 is 15.4 Å². The summed E-state index contributed by atoms with van der Waals surface area (Å²) in [5, 5.41) is 20.4. The second-order valence-electron chi connectivity index (χ2n) is 6.59. The average Bonchev–Trinajstić information content (AvgIpc) is 3.03. The standard InChI is InChI=1S/C19H20N6O2/c1-11-15-16(12-4-6-13(27-2)7-5-12)14(10-20)18(26)23-17(15)25(24-11)19-21-8-3-9-22-19/h4-7,14,16H,3,8-9H2,1-2H3,(H,21,22)(H,23,26). The number of amides is 1. The van der Waals surface area contributed by atoms with Crippen molar-refractivity contribution >= 4 is 17.7 Å². The number of anilines is 1. The van der Waals surface area contributed by atoms with Crippen molar-refractivity contribution in [2.24, 2.45) is 10.9 Å². The lowest BCUT2D eigenvalue weighted by atomic mass is 9.78. The highest BCUT2D eigenvalue weighted by Gasteiger charge is 2.41. The minimum absolute atomic E-state index is 0.330. The number of methoxy groups -OCH3 is 1. The molecule has 0 spiro atoms. The lowest BCUT2D eigenvalue weighted by Crippen LogP contribution is -2.39. The molecule has 2 aromatic rings. The number of rotatable bonds is 2. The highest BCUT2D eigenvalue weighted by Crippen LogP contribution is 2.42. The molecule has 1 aromatic carbocycles. The molecule has 0 bridgehead atoms. The molecule has 8 nitrogen and oxygen atoms in total. The van der Waals surface area contributed by atoms with Gasteiger partial charge in [-0.1, -0.05) is 12.1 Å². The van der Waals surface area contributed by atoms with Crippen LogP contribution in [0.15, 0.2) is 29.3 Å². The van der Waals surface area contributed by atoms with Crippen molar-refractivity contribution < 1.29 is 9.53 Å². The van der Waals surface area contributed by atoms with E-state index in [0.717, 1.165) is 35.5 Å². The van der Waals surface area contributed by atoms with E-state index in [2.05, 4.69) is 26.8 Å². The first-order valence-electron chi connectivity index (χ1n) is 8.86. The highest BCUT2D eigenvalue weighted by molar-refractivity contribution is 6.00. The van der Waals surface area contributed by atoms with E-state index in [0.29, 0.717) is 18.3 Å². The quantitative estimate of drug-likeness (QED) is 0.843. The summed E-state index contributed by atoms with van der Waals surface area (Å²) in [6.07, 6.45) is 0.962. The summed E-state index contributed by atoms with van der Waals surface area (Å²) in [4.78, 5) is 17.2. The molecule has 0 radical (unpaired) electrons. The Morgan fingerprint density at radius 3 is 2.74 bits per heavy atom. The fraction of sp³-hybridized carbons (Fsp3) is 0.368. The van der Waals surface area contributed by atoms with Crippen LogP contribution in [-0.2, 0) is 4.79 Å². The molecule has 2 aliphatic rings. The Labute approximate surface area is 156 Å². The molecule has 2 unspecified atom stereocenters. The Bertz CT molecular complexity index is 954. The topological polar surface area (TPSA) is 104 Å². The van der Waals surface area contributed by atoms with Crippen LogP contribution in [0.2, 0.25) is 0 Å². The predicted molar refractivity (Wildman–Crippen MR) is 99.9 cm³/mol. The number of fused-ring (bicyclic) bond motifs is 1. The molecule has 4 rings (SSSR count). The van der Waals surface area contributed by atoms with Crippen molar-refractivity contribution in [1.82, 2.24) is 15.1 Å². The van der Waals surface area contributed by atoms with Crippen molar-refractivity contribution in [3.05, 3.63) is 41.1 Å². The maximum Gasteiger partial charge on any atom is 0.243 e. The number of nitrogens with one attached hydrogen (secondary N) is 2. The van der Waals surface area contributed by atoms with Gasteiger partial charge in [0.1, 0.15) is 17.5 Å². The Kier molecular flexibility index (Phi) is 4.28. The Hall–Kier alpha value is -3.34. The van der Waals surface area contributed by atoms with Gasteiger partial charge in [0.2, 0.25) is 11.9 Å². The fourth-order valence-corrected chi connectivity index (χ4v) is 3.66. The number of aliphatic imine (C=N–C) groups is 1. The molecule has 0 fully saturated rings. The van der Waals surface area contributed by atoms with Crippen LogP contribution >= 0.6 is 0 Å².